The van der Waals surface area contributed by atoms with Crippen molar-refractivity contribution in [3.63, 3.8) is 0 Å². The van der Waals surface area contributed by atoms with Crippen LogP contribution in [-0.2, 0) is 0 Å². The fourth-order valence-electron chi connectivity index (χ4n) is 3.10. The van der Waals surface area contributed by atoms with Gasteiger partial charge in [-0.3, -0.25) is 0 Å². The van der Waals surface area contributed by atoms with Gasteiger partial charge in [0.15, 0.2) is 11.5 Å². The number of aromatic carboxylic acids is 1. The lowest BCUT2D eigenvalue weighted by Crippen LogP contribution is -2.43. The van der Waals surface area contributed by atoms with Crippen molar-refractivity contribution in [2.24, 2.45) is 5.92 Å². The Hall–Kier alpha value is -1.42. The van der Waals surface area contributed by atoms with E-state index in [1.807, 2.05) is 6.92 Å². The van der Waals surface area contributed by atoms with E-state index in [9.17, 15) is 9.90 Å². The topological polar surface area (TPSA) is 55.8 Å². The molecule has 0 radical (unpaired) electrons. The monoisotopic (exact) mass is 326 g/mol. The Morgan fingerprint density at radius 1 is 1.27 bits per heavy atom. The molecule has 5 heteroatoms. The molecule has 2 rings (SSSR count). The first-order valence-electron chi connectivity index (χ1n) is 7.78. The predicted octanol–water partition coefficient (Wildman–Crippen LogP) is 5.05. The van der Waals surface area contributed by atoms with Gasteiger partial charge in [0.1, 0.15) is 0 Å². The molecule has 22 heavy (non-hydrogen) atoms. The summed E-state index contributed by atoms with van der Waals surface area (Å²) >= 11 is 6.21. The zero-order valence-electron chi connectivity index (χ0n) is 13.5. The summed E-state index contributed by atoms with van der Waals surface area (Å²) in [6.45, 7) is 7.91. The van der Waals surface area contributed by atoms with Crippen LogP contribution < -0.4 is 9.47 Å². The zero-order valence-corrected chi connectivity index (χ0v) is 14.3. The van der Waals surface area contributed by atoms with E-state index >= 15 is 0 Å². The van der Waals surface area contributed by atoms with Crippen LogP contribution in [0.25, 0.3) is 0 Å². The molecule has 0 saturated heterocycles. The molecule has 4 nitrogen and oxygen atoms in total. The van der Waals surface area contributed by atoms with Gasteiger partial charge in [-0.25, -0.2) is 4.79 Å². The van der Waals surface area contributed by atoms with Crippen LogP contribution in [0.2, 0.25) is 5.02 Å². The normalized spacial score (nSPS) is 19.7. The second-order valence-electron chi connectivity index (χ2n) is 5.99. The molecule has 1 aromatic carbocycles. The van der Waals surface area contributed by atoms with E-state index in [0.29, 0.717) is 17.1 Å². The highest BCUT2D eigenvalue weighted by molar-refractivity contribution is 6.32. The number of carboxylic acids is 1. The Kier molecular flexibility index (Phi) is 4.90. The Labute approximate surface area is 136 Å². The van der Waals surface area contributed by atoms with Crippen molar-refractivity contribution in [3.05, 3.63) is 22.2 Å². The summed E-state index contributed by atoms with van der Waals surface area (Å²) in [6, 6.07) is 1.43. The standard InChI is InChI=1S/C17H23ClO4/c1-5-7-11(8-6-2)17(4)21-14-10(3)12(16(19)20)9-13(18)15(14)22-17/h9,11H,5-8H2,1-4H3,(H,19,20). The molecule has 0 fully saturated rings. The van der Waals surface area contributed by atoms with Crippen molar-refractivity contribution in [2.45, 2.75) is 59.2 Å². The summed E-state index contributed by atoms with van der Waals surface area (Å²) in [4.78, 5) is 11.3. The number of benzene rings is 1. The average molecular weight is 327 g/mol. The van der Waals surface area contributed by atoms with Gasteiger partial charge >= 0.3 is 5.97 Å². The van der Waals surface area contributed by atoms with Crippen molar-refractivity contribution in [1.82, 2.24) is 0 Å². The first-order valence-corrected chi connectivity index (χ1v) is 8.16. The van der Waals surface area contributed by atoms with Crippen LogP contribution in [0.4, 0.5) is 0 Å². The molecule has 1 aromatic rings. The smallest absolute Gasteiger partial charge is 0.336 e. The third-order valence-electron chi connectivity index (χ3n) is 4.29. The highest BCUT2D eigenvalue weighted by Gasteiger charge is 2.45. The summed E-state index contributed by atoms with van der Waals surface area (Å²) in [6.07, 6.45) is 4.05. The lowest BCUT2D eigenvalue weighted by Gasteiger charge is -2.32. The molecule has 1 unspecified atom stereocenters. The molecule has 0 bridgehead atoms. The van der Waals surface area contributed by atoms with Gasteiger partial charge in [0.25, 0.3) is 5.79 Å². The Balaban J connectivity index is 2.42. The molecule has 122 valence electrons. The average Bonchev–Trinajstić information content (AvgIpc) is 2.82. The van der Waals surface area contributed by atoms with Gasteiger partial charge in [0.05, 0.1) is 10.6 Å². The van der Waals surface area contributed by atoms with E-state index in [1.165, 1.54) is 6.07 Å². The number of carbonyl (C=O) groups is 1. The zero-order chi connectivity index (χ0) is 16.5. The van der Waals surface area contributed by atoms with Crippen LogP contribution in [0.3, 0.4) is 0 Å². The van der Waals surface area contributed by atoms with Gasteiger partial charge < -0.3 is 14.6 Å². The fourth-order valence-corrected chi connectivity index (χ4v) is 3.33. The first-order chi connectivity index (χ1) is 10.3. The largest absolute Gasteiger partial charge is 0.478 e. The summed E-state index contributed by atoms with van der Waals surface area (Å²) in [7, 11) is 0. The molecule has 1 heterocycles. The van der Waals surface area contributed by atoms with Crippen LogP contribution in [0.15, 0.2) is 6.07 Å². The van der Waals surface area contributed by atoms with Crippen molar-refractivity contribution in [1.29, 1.82) is 0 Å². The third kappa shape index (κ3) is 2.89. The molecule has 0 spiro atoms. The lowest BCUT2D eigenvalue weighted by atomic mass is 9.90. The van der Waals surface area contributed by atoms with Crippen LogP contribution in [0.1, 0.15) is 62.4 Å². The summed E-state index contributed by atoms with van der Waals surface area (Å²) in [5.41, 5.74) is 0.710. The van der Waals surface area contributed by atoms with E-state index in [2.05, 4.69) is 13.8 Å². The molecule has 1 aliphatic heterocycles. The molecular formula is C17H23ClO4. The van der Waals surface area contributed by atoms with Crippen LogP contribution >= 0.6 is 11.6 Å². The quantitative estimate of drug-likeness (QED) is 0.794. The first kappa shape index (κ1) is 16.9. The number of hydrogen-bond acceptors (Lipinski definition) is 3. The highest BCUT2D eigenvalue weighted by Crippen LogP contribution is 2.50. The van der Waals surface area contributed by atoms with Gasteiger partial charge in [-0.2, -0.15) is 0 Å². The van der Waals surface area contributed by atoms with Crippen LogP contribution in [-0.4, -0.2) is 16.9 Å². The Morgan fingerprint density at radius 3 is 2.32 bits per heavy atom. The highest BCUT2D eigenvalue weighted by atomic mass is 35.5. The molecule has 1 aliphatic rings. The molecule has 1 atom stereocenters. The van der Waals surface area contributed by atoms with Gasteiger partial charge in [0, 0.05) is 18.4 Å². The van der Waals surface area contributed by atoms with Crippen LogP contribution in [0, 0.1) is 12.8 Å². The summed E-state index contributed by atoms with van der Waals surface area (Å²) in [5, 5.41) is 9.56. The van der Waals surface area contributed by atoms with Gasteiger partial charge in [-0.1, -0.05) is 38.3 Å². The van der Waals surface area contributed by atoms with E-state index in [0.717, 1.165) is 25.7 Å². The maximum Gasteiger partial charge on any atom is 0.336 e. The molecule has 1 N–H and O–H groups in total. The number of fused-ring (bicyclic) bond motifs is 1. The van der Waals surface area contributed by atoms with Crippen molar-refractivity contribution in [3.8, 4) is 11.5 Å². The third-order valence-corrected chi connectivity index (χ3v) is 4.58. The predicted molar refractivity (Wildman–Crippen MR) is 86.1 cm³/mol. The minimum atomic E-state index is -1.02. The fraction of sp³-hybridized carbons (Fsp3) is 0.588. The minimum Gasteiger partial charge on any atom is -0.478 e. The van der Waals surface area contributed by atoms with Gasteiger partial charge in [-0.15, -0.1) is 0 Å². The second kappa shape index (κ2) is 6.37. The maximum absolute atomic E-state index is 11.3. The van der Waals surface area contributed by atoms with Gasteiger partial charge in [-0.05, 0) is 25.8 Å². The number of carboxylic acid groups (broad SMARTS) is 1. The second-order valence-corrected chi connectivity index (χ2v) is 6.40. The van der Waals surface area contributed by atoms with Crippen LogP contribution in [0.5, 0.6) is 11.5 Å². The van der Waals surface area contributed by atoms with E-state index in [-0.39, 0.29) is 16.5 Å². The molecular weight excluding hydrogens is 304 g/mol. The van der Waals surface area contributed by atoms with Crippen molar-refractivity contribution in [2.75, 3.05) is 0 Å². The van der Waals surface area contributed by atoms with E-state index in [4.69, 9.17) is 21.1 Å². The van der Waals surface area contributed by atoms with E-state index < -0.39 is 11.8 Å². The van der Waals surface area contributed by atoms with Gasteiger partial charge in [0.2, 0.25) is 0 Å². The molecule has 0 aromatic heterocycles. The van der Waals surface area contributed by atoms with Crippen molar-refractivity contribution < 1.29 is 19.4 Å². The summed E-state index contributed by atoms with van der Waals surface area (Å²) in [5.74, 6) is -0.648. The Morgan fingerprint density at radius 2 is 1.82 bits per heavy atom. The minimum absolute atomic E-state index is 0.152. The number of ether oxygens (including phenoxy) is 2. The number of rotatable bonds is 6. The number of halogens is 1. The molecule has 0 aliphatic carbocycles. The summed E-state index contributed by atoms with van der Waals surface area (Å²) < 4.78 is 12.2. The maximum atomic E-state index is 11.3. The molecule has 0 amide bonds. The van der Waals surface area contributed by atoms with Crippen molar-refractivity contribution >= 4 is 17.6 Å². The molecule has 0 saturated carbocycles. The van der Waals surface area contributed by atoms with E-state index in [1.54, 1.807) is 6.92 Å². The number of hydrogen-bond donors (Lipinski definition) is 1. The Bertz CT molecular complexity index is 579. The SMILES string of the molecule is CCCC(CCC)C1(C)Oc2c(Cl)cc(C(=O)O)c(C)c2O1. The lowest BCUT2D eigenvalue weighted by molar-refractivity contribution is -0.115.